The van der Waals surface area contributed by atoms with Gasteiger partial charge in [-0.05, 0) is 76.9 Å². The van der Waals surface area contributed by atoms with Gasteiger partial charge in [-0.15, -0.1) is 23.1 Å². The summed E-state index contributed by atoms with van der Waals surface area (Å²) in [5.74, 6) is 0. The summed E-state index contributed by atoms with van der Waals surface area (Å²) in [7, 11) is 0. The summed E-state index contributed by atoms with van der Waals surface area (Å²) in [6, 6.07) is 48.3. The molecule has 9 rings (SSSR count). The van der Waals surface area contributed by atoms with Crippen LogP contribution in [0.5, 0.6) is 0 Å². The van der Waals surface area contributed by atoms with Crippen LogP contribution in [0.3, 0.4) is 0 Å². The lowest BCUT2D eigenvalue weighted by Crippen LogP contribution is -2.37. The van der Waals surface area contributed by atoms with Gasteiger partial charge < -0.3 is 4.57 Å². The topological polar surface area (TPSA) is 4.93 Å². The molecule has 0 radical (unpaired) electrons. The van der Waals surface area contributed by atoms with Crippen LogP contribution in [0.25, 0.3) is 47.7 Å². The summed E-state index contributed by atoms with van der Waals surface area (Å²) < 4.78 is 5.27. The molecule has 0 saturated carbocycles. The molecule has 6 aromatic carbocycles. The summed E-state index contributed by atoms with van der Waals surface area (Å²) in [5.41, 5.74) is 10.3. The first-order valence-electron chi connectivity index (χ1n) is 15.5. The van der Waals surface area contributed by atoms with E-state index in [4.69, 9.17) is 0 Å². The molecule has 1 aliphatic rings. The van der Waals surface area contributed by atoms with E-state index in [-0.39, 0.29) is 0 Å². The van der Waals surface area contributed by atoms with E-state index in [1.807, 2.05) is 23.1 Å². The Morgan fingerprint density at radius 1 is 0.614 bits per heavy atom. The molecule has 44 heavy (non-hydrogen) atoms. The second-order valence-corrected chi connectivity index (χ2v) is 13.8. The average Bonchev–Trinajstić information content (AvgIpc) is 3.61. The number of nitrogens with zero attached hydrogens (tertiary/aromatic N) is 1. The van der Waals surface area contributed by atoms with Gasteiger partial charge in [-0.1, -0.05) is 104 Å². The summed E-state index contributed by atoms with van der Waals surface area (Å²) in [6.45, 7) is 2.31. The van der Waals surface area contributed by atoms with Crippen molar-refractivity contribution >= 4 is 65.1 Å². The third kappa shape index (κ3) is 3.37. The Hall–Kier alpha value is -4.31. The van der Waals surface area contributed by atoms with Crippen LogP contribution in [-0.2, 0) is 11.8 Å². The number of fused-ring (bicyclic) bond motifs is 8. The van der Waals surface area contributed by atoms with E-state index in [9.17, 15) is 0 Å². The SMILES string of the molecule is CCCc1cc2sc3ccccc3c2cc1C1(c2ccccc2SC)c2ccccc2-n2c3ccccc3c3cccc1c32. The molecule has 3 heterocycles. The van der Waals surface area contributed by atoms with Crippen molar-refractivity contribution in [1.82, 2.24) is 4.57 Å². The van der Waals surface area contributed by atoms with Crippen molar-refractivity contribution in [2.24, 2.45) is 0 Å². The molecule has 8 aromatic rings. The second-order valence-electron chi connectivity index (χ2n) is 11.9. The molecule has 1 unspecified atom stereocenters. The molecule has 0 bridgehead atoms. The van der Waals surface area contributed by atoms with Crippen LogP contribution in [0.2, 0.25) is 0 Å². The molecule has 2 aromatic heterocycles. The quantitative estimate of drug-likeness (QED) is 0.178. The highest BCUT2D eigenvalue weighted by Crippen LogP contribution is 2.57. The van der Waals surface area contributed by atoms with Crippen molar-refractivity contribution in [1.29, 1.82) is 0 Å². The lowest BCUT2D eigenvalue weighted by atomic mass is 9.61. The molecule has 1 nitrogen and oxygen atoms in total. The number of hydrogen-bond acceptors (Lipinski definition) is 2. The van der Waals surface area contributed by atoms with Crippen LogP contribution in [0.15, 0.2) is 132 Å². The van der Waals surface area contributed by atoms with E-state index in [1.165, 1.54) is 80.4 Å². The van der Waals surface area contributed by atoms with E-state index >= 15 is 0 Å². The Bertz CT molecular complexity index is 2410. The van der Waals surface area contributed by atoms with Gasteiger partial charge in [0.05, 0.1) is 22.1 Å². The average molecular weight is 602 g/mol. The summed E-state index contributed by atoms with van der Waals surface area (Å²) in [4.78, 5) is 1.32. The van der Waals surface area contributed by atoms with Gasteiger partial charge >= 0.3 is 0 Å². The zero-order chi connectivity index (χ0) is 29.4. The second kappa shape index (κ2) is 9.85. The maximum atomic E-state index is 2.57. The van der Waals surface area contributed by atoms with Crippen LogP contribution in [0, 0.1) is 0 Å². The standard InChI is InChI=1S/C41H31NS2/c1-3-13-26-24-39-30(28-15-5-10-22-37(28)44-39)25-34(26)41(32-18-7-11-23-38(32)43-2)31-17-6-9-21-36(31)42-35-20-8-4-14-27(35)29-16-12-19-33(41)40(29)42/h4-12,14-25H,3,13H2,1-2H3. The lowest BCUT2D eigenvalue weighted by molar-refractivity contribution is 0.699. The Morgan fingerprint density at radius 2 is 1.32 bits per heavy atom. The first-order valence-corrected chi connectivity index (χ1v) is 17.5. The number of rotatable bonds is 5. The normalized spacial score (nSPS) is 15.9. The van der Waals surface area contributed by atoms with Crippen LogP contribution in [0.1, 0.15) is 41.2 Å². The highest BCUT2D eigenvalue weighted by Gasteiger charge is 2.47. The fourth-order valence-electron chi connectivity index (χ4n) is 8.02. The molecule has 1 aliphatic heterocycles. The third-order valence-corrected chi connectivity index (χ3v) is 11.6. The van der Waals surface area contributed by atoms with E-state index in [2.05, 4.69) is 145 Å². The van der Waals surface area contributed by atoms with Gasteiger partial charge in [0.2, 0.25) is 0 Å². The van der Waals surface area contributed by atoms with E-state index < -0.39 is 5.41 Å². The highest BCUT2D eigenvalue weighted by molar-refractivity contribution is 7.98. The molecule has 0 spiro atoms. The predicted octanol–water partition coefficient (Wildman–Crippen LogP) is 11.5. The van der Waals surface area contributed by atoms with E-state index in [0.29, 0.717) is 0 Å². The Kier molecular flexibility index (Phi) is 5.85. The Labute approximate surface area is 265 Å². The summed E-state index contributed by atoms with van der Waals surface area (Å²) >= 11 is 3.78. The van der Waals surface area contributed by atoms with Crippen LogP contribution in [-0.4, -0.2) is 10.8 Å². The summed E-state index contributed by atoms with van der Waals surface area (Å²) in [5, 5.41) is 5.33. The molecule has 0 aliphatic carbocycles. The number of aryl methyl sites for hydroxylation is 1. The molecular formula is C41H31NS2. The third-order valence-electron chi connectivity index (χ3n) is 9.68. The van der Waals surface area contributed by atoms with Crippen LogP contribution < -0.4 is 0 Å². The van der Waals surface area contributed by atoms with Gasteiger partial charge in [0, 0.05) is 35.8 Å². The van der Waals surface area contributed by atoms with Gasteiger partial charge in [0.15, 0.2) is 0 Å². The highest BCUT2D eigenvalue weighted by atomic mass is 32.2. The molecule has 0 fully saturated rings. The maximum Gasteiger partial charge on any atom is 0.0756 e. The van der Waals surface area contributed by atoms with Crippen molar-refractivity contribution < 1.29 is 0 Å². The molecule has 0 saturated heterocycles. The van der Waals surface area contributed by atoms with E-state index in [0.717, 1.165) is 12.8 Å². The smallest absolute Gasteiger partial charge is 0.0756 e. The van der Waals surface area contributed by atoms with Gasteiger partial charge in [-0.25, -0.2) is 0 Å². The Balaban J connectivity index is 1.56. The number of thiophene rings is 1. The fourth-order valence-corrected chi connectivity index (χ4v) is 9.83. The van der Waals surface area contributed by atoms with Crippen molar-refractivity contribution in [3.8, 4) is 5.69 Å². The number of thioether (sulfide) groups is 1. The fraction of sp³-hybridized carbons (Fsp3) is 0.122. The summed E-state index contributed by atoms with van der Waals surface area (Å²) in [6.07, 6.45) is 4.35. The molecule has 0 N–H and O–H groups in total. The van der Waals surface area contributed by atoms with Crippen molar-refractivity contribution in [3.63, 3.8) is 0 Å². The minimum atomic E-state index is -0.498. The van der Waals surface area contributed by atoms with Gasteiger partial charge in [-0.2, -0.15) is 0 Å². The minimum absolute atomic E-state index is 0.498. The number of hydrogen-bond donors (Lipinski definition) is 0. The van der Waals surface area contributed by atoms with Gasteiger partial charge in [0.1, 0.15) is 0 Å². The van der Waals surface area contributed by atoms with E-state index in [1.54, 1.807) is 0 Å². The zero-order valence-electron chi connectivity index (χ0n) is 24.8. The van der Waals surface area contributed by atoms with Gasteiger partial charge in [0.25, 0.3) is 0 Å². The number of benzene rings is 6. The van der Waals surface area contributed by atoms with Crippen molar-refractivity contribution in [2.45, 2.75) is 30.1 Å². The minimum Gasteiger partial charge on any atom is -0.309 e. The first kappa shape index (κ1) is 26.1. The van der Waals surface area contributed by atoms with Crippen LogP contribution >= 0.6 is 23.1 Å². The number of aromatic nitrogens is 1. The number of para-hydroxylation sites is 3. The molecule has 1 atom stereocenters. The monoisotopic (exact) mass is 601 g/mol. The predicted molar refractivity (Wildman–Crippen MR) is 191 cm³/mol. The van der Waals surface area contributed by atoms with Crippen molar-refractivity contribution in [3.05, 3.63) is 155 Å². The molecule has 0 amide bonds. The Morgan fingerprint density at radius 3 is 2.18 bits per heavy atom. The largest absolute Gasteiger partial charge is 0.309 e. The van der Waals surface area contributed by atoms with Crippen molar-refractivity contribution in [2.75, 3.05) is 6.26 Å². The molecule has 212 valence electrons. The molecule has 3 heteroatoms. The first-order chi connectivity index (χ1) is 21.8. The molecular weight excluding hydrogens is 571 g/mol. The van der Waals surface area contributed by atoms with Crippen LogP contribution in [0.4, 0.5) is 0 Å². The zero-order valence-corrected chi connectivity index (χ0v) is 26.4. The lowest BCUT2D eigenvalue weighted by Gasteiger charge is -2.43. The van der Waals surface area contributed by atoms with Gasteiger partial charge in [-0.3, -0.25) is 0 Å². The maximum absolute atomic E-state index is 2.57.